The highest BCUT2D eigenvalue weighted by atomic mass is 32.1. The molecule has 32 heavy (non-hydrogen) atoms. The minimum Gasteiger partial charge on any atom is -0.475 e. The molecule has 5 rings (SSSR count). The lowest BCUT2D eigenvalue weighted by molar-refractivity contribution is 0.0945. The Morgan fingerprint density at radius 2 is 2.22 bits per heavy atom. The summed E-state index contributed by atoms with van der Waals surface area (Å²) >= 11 is 1.29. The number of amides is 3. The first-order valence-corrected chi connectivity index (χ1v) is 11.4. The topological polar surface area (TPSA) is 108 Å². The Labute approximate surface area is 189 Å². The van der Waals surface area contributed by atoms with Crippen LogP contribution in [0.3, 0.4) is 0 Å². The molecule has 9 nitrogen and oxygen atoms in total. The second kappa shape index (κ2) is 8.03. The van der Waals surface area contributed by atoms with Gasteiger partial charge in [-0.2, -0.15) is 0 Å². The summed E-state index contributed by atoms with van der Waals surface area (Å²) in [4.78, 5) is 38.0. The molecule has 1 unspecified atom stereocenters. The predicted molar refractivity (Wildman–Crippen MR) is 124 cm³/mol. The van der Waals surface area contributed by atoms with E-state index in [9.17, 15) is 9.59 Å². The molecule has 3 N–H and O–H groups in total. The van der Waals surface area contributed by atoms with Gasteiger partial charge in [-0.25, -0.2) is 14.8 Å². The van der Waals surface area contributed by atoms with E-state index in [0.29, 0.717) is 32.6 Å². The average Bonchev–Trinajstić information content (AvgIpc) is 3.38. The van der Waals surface area contributed by atoms with Crippen LogP contribution in [0.5, 0.6) is 5.88 Å². The van der Waals surface area contributed by atoms with Crippen LogP contribution >= 0.6 is 11.3 Å². The van der Waals surface area contributed by atoms with Gasteiger partial charge in [0.05, 0.1) is 34.7 Å². The molecule has 0 aromatic carbocycles. The van der Waals surface area contributed by atoms with Crippen molar-refractivity contribution in [2.75, 3.05) is 23.3 Å². The van der Waals surface area contributed by atoms with Crippen molar-refractivity contribution in [1.82, 2.24) is 20.6 Å². The summed E-state index contributed by atoms with van der Waals surface area (Å²) in [5, 5.41) is 10.0. The van der Waals surface area contributed by atoms with Crippen molar-refractivity contribution in [3.8, 4) is 5.88 Å². The van der Waals surface area contributed by atoms with E-state index in [1.54, 1.807) is 24.5 Å². The number of hydrogen-bond donors (Lipinski definition) is 3. The highest BCUT2D eigenvalue weighted by Gasteiger charge is 2.35. The third-order valence-electron chi connectivity index (χ3n) is 5.49. The highest BCUT2D eigenvalue weighted by molar-refractivity contribution is 7.21. The van der Waals surface area contributed by atoms with Crippen molar-refractivity contribution >= 4 is 50.6 Å². The van der Waals surface area contributed by atoms with E-state index < -0.39 is 0 Å². The second-order valence-corrected chi connectivity index (χ2v) is 9.22. The van der Waals surface area contributed by atoms with Crippen LogP contribution in [-0.4, -0.2) is 47.1 Å². The Kier molecular flexibility index (Phi) is 5.18. The lowest BCUT2D eigenvalue weighted by Gasteiger charge is -2.29. The SMILES string of the molecule is Cc1cc(OC(C)C)ncc1N1C(=O)Nc2ccnc3sc(C(=O)NC4CCNC4)c1c23. The Bertz CT molecular complexity index is 1220. The lowest BCUT2D eigenvalue weighted by atomic mass is 10.1. The van der Waals surface area contributed by atoms with Gasteiger partial charge in [0.1, 0.15) is 9.71 Å². The van der Waals surface area contributed by atoms with Gasteiger partial charge in [0, 0.05) is 24.8 Å². The minimum absolute atomic E-state index is 0.0131. The number of pyridine rings is 2. The third kappa shape index (κ3) is 3.55. The molecule has 3 aromatic heterocycles. The van der Waals surface area contributed by atoms with Crippen LogP contribution in [0.15, 0.2) is 24.5 Å². The summed E-state index contributed by atoms with van der Waals surface area (Å²) in [5.74, 6) is 0.288. The monoisotopic (exact) mass is 452 g/mol. The number of thiophene rings is 1. The van der Waals surface area contributed by atoms with Gasteiger partial charge in [-0.3, -0.25) is 9.69 Å². The van der Waals surface area contributed by atoms with Crippen LogP contribution in [0.1, 0.15) is 35.5 Å². The van der Waals surface area contributed by atoms with E-state index in [4.69, 9.17) is 4.74 Å². The maximum atomic E-state index is 13.3. The molecule has 1 saturated heterocycles. The average molecular weight is 453 g/mol. The summed E-state index contributed by atoms with van der Waals surface area (Å²) in [6.45, 7) is 7.36. The van der Waals surface area contributed by atoms with Crippen molar-refractivity contribution in [2.45, 2.75) is 39.3 Å². The Balaban J connectivity index is 1.62. The van der Waals surface area contributed by atoms with Gasteiger partial charge in [-0.15, -0.1) is 11.3 Å². The highest BCUT2D eigenvalue weighted by Crippen LogP contribution is 2.47. The first kappa shape index (κ1) is 20.7. The van der Waals surface area contributed by atoms with E-state index in [0.717, 1.165) is 30.5 Å². The van der Waals surface area contributed by atoms with Crippen LogP contribution in [-0.2, 0) is 0 Å². The molecule has 1 fully saturated rings. The smallest absolute Gasteiger partial charge is 0.331 e. The van der Waals surface area contributed by atoms with E-state index in [-0.39, 0.29) is 24.1 Å². The molecule has 166 valence electrons. The quantitative estimate of drug-likeness (QED) is 0.546. The standard InChI is InChI=1S/C22H24N6O3S/c1-11(2)31-16-8-12(3)15(10-25-16)28-18-17-14(27-22(28)30)5-7-24-21(17)32-19(18)20(29)26-13-4-6-23-9-13/h5,7-8,10-11,13,23H,4,6,9H2,1-3H3,(H,26,29)(H,27,30). The first-order chi connectivity index (χ1) is 15.4. The molecule has 3 aromatic rings. The maximum absolute atomic E-state index is 13.3. The van der Waals surface area contributed by atoms with Crippen LogP contribution in [0.4, 0.5) is 21.9 Å². The fourth-order valence-corrected chi connectivity index (χ4v) is 5.13. The Hall–Kier alpha value is -3.24. The summed E-state index contributed by atoms with van der Waals surface area (Å²) in [7, 11) is 0. The summed E-state index contributed by atoms with van der Waals surface area (Å²) in [6, 6.07) is 3.27. The van der Waals surface area contributed by atoms with Crippen molar-refractivity contribution in [2.24, 2.45) is 0 Å². The Morgan fingerprint density at radius 3 is 2.94 bits per heavy atom. The van der Waals surface area contributed by atoms with Gasteiger partial charge in [0.15, 0.2) is 0 Å². The zero-order chi connectivity index (χ0) is 22.4. The number of carbonyl (C=O) groups excluding carboxylic acids is 2. The third-order valence-corrected chi connectivity index (χ3v) is 6.58. The molecule has 3 amide bonds. The van der Waals surface area contributed by atoms with E-state index in [1.165, 1.54) is 16.2 Å². The molecule has 2 aliphatic rings. The fraction of sp³-hybridized carbons (Fsp3) is 0.364. The molecule has 1 atom stereocenters. The fourth-order valence-electron chi connectivity index (χ4n) is 4.07. The number of anilines is 3. The minimum atomic E-state index is -0.345. The molecule has 0 bridgehead atoms. The normalized spacial score (nSPS) is 17.7. The number of ether oxygens (including phenoxy) is 1. The molecular weight excluding hydrogens is 428 g/mol. The number of nitrogens with one attached hydrogen (secondary N) is 3. The molecule has 2 aliphatic heterocycles. The molecule has 10 heteroatoms. The zero-order valence-electron chi connectivity index (χ0n) is 18.1. The predicted octanol–water partition coefficient (Wildman–Crippen LogP) is 3.56. The van der Waals surface area contributed by atoms with Gasteiger partial charge >= 0.3 is 6.03 Å². The summed E-state index contributed by atoms with van der Waals surface area (Å²) in [6.07, 6.45) is 4.11. The van der Waals surface area contributed by atoms with Gasteiger partial charge in [0.25, 0.3) is 5.91 Å². The number of carbonyl (C=O) groups is 2. The van der Waals surface area contributed by atoms with E-state index in [1.807, 2.05) is 20.8 Å². The molecule has 0 aliphatic carbocycles. The first-order valence-electron chi connectivity index (χ1n) is 10.6. The number of aryl methyl sites for hydroxylation is 1. The van der Waals surface area contributed by atoms with Gasteiger partial charge in [-0.05, 0) is 45.4 Å². The van der Waals surface area contributed by atoms with E-state index in [2.05, 4.69) is 25.9 Å². The summed E-state index contributed by atoms with van der Waals surface area (Å²) in [5.41, 5.74) is 2.59. The lowest BCUT2D eigenvalue weighted by Crippen LogP contribution is -2.38. The summed E-state index contributed by atoms with van der Waals surface area (Å²) < 4.78 is 5.69. The molecule has 0 radical (unpaired) electrons. The molecular formula is C22H24N6O3S. The van der Waals surface area contributed by atoms with Crippen molar-refractivity contribution in [1.29, 1.82) is 0 Å². The van der Waals surface area contributed by atoms with Crippen LogP contribution in [0.2, 0.25) is 0 Å². The molecule has 0 saturated carbocycles. The van der Waals surface area contributed by atoms with E-state index >= 15 is 0 Å². The van der Waals surface area contributed by atoms with Crippen molar-refractivity contribution < 1.29 is 14.3 Å². The Morgan fingerprint density at radius 1 is 1.38 bits per heavy atom. The zero-order valence-corrected chi connectivity index (χ0v) is 18.9. The van der Waals surface area contributed by atoms with Crippen LogP contribution in [0, 0.1) is 6.92 Å². The van der Waals surface area contributed by atoms with Crippen molar-refractivity contribution in [3.05, 3.63) is 35.0 Å². The number of hydrogen-bond acceptors (Lipinski definition) is 7. The largest absolute Gasteiger partial charge is 0.475 e. The molecule has 5 heterocycles. The van der Waals surface area contributed by atoms with Gasteiger partial charge < -0.3 is 20.7 Å². The second-order valence-electron chi connectivity index (χ2n) is 8.22. The van der Waals surface area contributed by atoms with Gasteiger partial charge in [-0.1, -0.05) is 0 Å². The maximum Gasteiger partial charge on any atom is 0.331 e. The van der Waals surface area contributed by atoms with Crippen LogP contribution in [0.25, 0.3) is 10.2 Å². The number of aromatic nitrogens is 2. The van der Waals surface area contributed by atoms with Crippen molar-refractivity contribution in [3.63, 3.8) is 0 Å². The van der Waals surface area contributed by atoms with Gasteiger partial charge in [0.2, 0.25) is 5.88 Å². The number of rotatable bonds is 5. The van der Waals surface area contributed by atoms with Crippen LogP contribution < -0.4 is 25.6 Å². The number of nitrogens with zero attached hydrogens (tertiary/aromatic N) is 3. The number of urea groups is 1. The molecule has 0 spiro atoms.